The fraction of sp³-hybridized carbons (Fsp3) is 0.200. The highest BCUT2D eigenvalue weighted by Gasteiger charge is 2.11. The minimum absolute atomic E-state index is 0.191. The van der Waals surface area contributed by atoms with E-state index < -0.39 is 0 Å². The standard InChI is InChI=1S/C15H14ClF/c16-11-14(13-6-2-1-3-7-13)9-12-5-4-8-15(17)10-12/h1-8,10,14H,9,11H2. The van der Waals surface area contributed by atoms with Crippen LogP contribution in [0.25, 0.3) is 0 Å². The van der Waals surface area contributed by atoms with Crippen LogP contribution in [0, 0.1) is 5.82 Å². The molecule has 1 unspecified atom stereocenters. The first-order valence-corrected chi connectivity index (χ1v) is 6.18. The van der Waals surface area contributed by atoms with Gasteiger partial charge in [-0.05, 0) is 29.7 Å². The summed E-state index contributed by atoms with van der Waals surface area (Å²) in [6, 6.07) is 16.8. The van der Waals surface area contributed by atoms with Gasteiger partial charge in [0.1, 0.15) is 5.82 Å². The van der Waals surface area contributed by atoms with E-state index in [9.17, 15) is 4.39 Å². The number of benzene rings is 2. The lowest BCUT2D eigenvalue weighted by atomic mass is 9.94. The van der Waals surface area contributed by atoms with Gasteiger partial charge in [0.15, 0.2) is 0 Å². The smallest absolute Gasteiger partial charge is 0.123 e. The monoisotopic (exact) mass is 248 g/mol. The zero-order valence-electron chi connectivity index (χ0n) is 9.44. The molecule has 0 aromatic heterocycles. The van der Waals surface area contributed by atoms with Gasteiger partial charge >= 0.3 is 0 Å². The normalized spacial score (nSPS) is 12.4. The SMILES string of the molecule is Fc1cccc(CC(CCl)c2ccccc2)c1. The highest BCUT2D eigenvalue weighted by Crippen LogP contribution is 2.22. The van der Waals surface area contributed by atoms with Crippen LogP contribution in [-0.4, -0.2) is 5.88 Å². The topological polar surface area (TPSA) is 0 Å². The van der Waals surface area contributed by atoms with Gasteiger partial charge in [0.2, 0.25) is 0 Å². The van der Waals surface area contributed by atoms with E-state index in [1.807, 2.05) is 24.3 Å². The molecule has 0 aliphatic carbocycles. The van der Waals surface area contributed by atoms with Gasteiger partial charge in [0, 0.05) is 11.8 Å². The van der Waals surface area contributed by atoms with Gasteiger partial charge in [-0.15, -0.1) is 11.6 Å². The first-order chi connectivity index (χ1) is 8.29. The maximum atomic E-state index is 13.1. The predicted molar refractivity (Wildman–Crippen MR) is 70.0 cm³/mol. The summed E-state index contributed by atoms with van der Waals surface area (Å²) in [4.78, 5) is 0. The summed E-state index contributed by atoms with van der Waals surface area (Å²) in [5, 5.41) is 0. The van der Waals surface area contributed by atoms with Crippen LogP contribution in [0.15, 0.2) is 54.6 Å². The van der Waals surface area contributed by atoms with Crippen LogP contribution >= 0.6 is 11.6 Å². The fourth-order valence-corrected chi connectivity index (χ4v) is 2.22. The lowest BCUT2D eigenvalue weighted by Gasteiger charge is -2.14. The van der Waals surface area contributed by atoms with Crippen LogP contribution in [0.1, 0.15) is 17.0 Å². The number of alkyl halides is 1. The molecule has 0 fully saturated rings. The molecule has 0 aliphatic rings. The molecule has 0 saturated carbocycles. The molecular weight excluding hydrogens is 235 g/mol. The lowest BCUT2D eigenvalue weighted by molar-refractivity contribution is 0.623. The zero-order chi connectivity index (χ0) is 12.1. The summed E-state index contributed by atoms with van der Waals surface area (Å²) in [5.41, 5.74) is 2.19. The molecule has 0 amide bonds. The largest absolute Gasteiger partial charge is 0.207 e. The van der Waals surface area contributed by atoms with E-state index in [0.717, 1.165) is 12.0 Å². The molecule has 2 rings (SSSR count). The van der Waals surface area contributed by atoms with Gasteiger partial charge in [-0.3, -0.25) is 0 Å². The van der Waals surface area contributed by atoms with Crippen molar-refractivity contribution in [3.8, 4) is 0 Å². The summed E-state index contributed by atoms with van der Waals surface area (Å²) in [7, 11) is 0. The summed E-state index contributed by atoms with van der Waals surface area (Å²) >= 11 is 6.00. The maximum absolute atomic E-state index is 13.1. The van der Waals surface area contributed by atoms with Crippen LogP contribution in [0.3, 0.4) is 0 Å². The Bertz CT molecular complexity index is 467. The Morgan fingerprint density at radius 2 is 1.76 bits per heavy atom. The molecule has 0 spiro atoms. The van der Waals surface area contributed by atoms with Crippen LogP contribution in [0.4, 0.5) is 4.39 Å². The highest BCUT2D eigenvalue weighted by atomic mass is 35.5. The van der Waals surface area contributed by atoms with Crippen molar-refractivity contribution in [3.63, 3.8) is 0 Å². The molecule has 0 bridgehead atoms. The Labute approximate surface area is 106 Å². The Hall–Kier alpha value is -1.34. The van der Waals surface area contributed by atoms with Gasteiger partial charge < -0.3 is 0 Å². The minimum Gasteiger partial charge on any atom is -0.207 e. The molecule has 0 heterocycles. The molecule has 17 heavy (non-hydrogen) atoms. The van der Waals surface area contributed by atoms with E-state index in [0.29, 0.717) is 5.88 Å². The van der Waals surface area contributed by atoms with Gasteiger partial charge in [-0.25, -0.2) is 4.39 Å². The van der Waals surface area contributed by atoms with Crippen molar-refractivity contribution >= 4 is 11.6 Å². The summed E-state index contributed by atoms with van der Waals surface area (Å²) < 4.78 is 13.1. The van der Waals surface area contributed by atoms with Gasteiger partial charge in [-0.1, -0.05) is 42.5 Å². The molecule has 88 valence electrons. The van der Waals surface area contributed by atoms with Crippen LogP contribution in [-0.2, 0) is 6.42 Å². The van der Waals surface area contributed by atoms with Gasteiger partial charge in [0.25, 0.3) is 0 Å². The molecule has 0 saturated heterocycles. The molecule has 2 aromatic carbocycles. The third-order valence-corrected chi connectivity index (χ3v) is 3.20. The number of hydrogen-bond donors (Lipinski definition) is 0. The molecule has 2 aromatic rings. The first kappa shape index (κ1) is 12.1. The van der Waals surface area contributed by atoms with Crippen molar-refractivity contribution in [3.05, 3.63) is 71.5 Å². The second-order valence-electron chi connectivity index (χ2n) is 4.10. The second-order valence-corrected chi connectivity index (χ2v) is 4.40. The zero-order valence-corrected chi connectivity index (χ0v) is 10.2. The van der Waals surface area contributed by atoms with Crippen molar-refractivity contribution in [1.82, 2.24) is 0 Å². The summed E-state index contributed by atoms with van der Waals surface area (Å²) in [5.74, 6) is 0.587. The number of halogens is 2. The quantitative estimate of drug-likeness (QED) is 0.704. The Morgan fingerprint density at radius 1 is 1.00 bits per heavy atom. The molecule has 1 atom stereocenters. The highest BCUT2D eigenvalue weighted by molar-refractivity contribution is 6.18. The Balaban J connectivity index is 2.16. The average Bonchev–Trinajstić information content (AvgIpc) is 2.37. The van der Waals surface area contributed by atoms with Crippen molar-refractivity contribution in [2.75, 3.05) is 5.88 Å². The minimum atomic E-state index is -0.191. The van der Waals surface area contributed by atoms with Crippen LogP contribution < -0.4 is 0 Å². The predicted octanol–water partition coefficient (Wildman–Crippen LogP) is 4.39. The van der Waals surface area contributed by atoms with Crippen LogP contribution in [0.2, 0.25) is 0 Å². The number of rotatable bonds is 4. The Kier molecular flexibility index (Phi) is 4.16. The Morgan fingerprint density at radius 3 is 2.41 bits per heavy atom. The van der Waals surface area contributed by atoms with Crippen molar-refractivity contribution in [2.24, 2.45) is 0 Å². The van der Waals surface area contributed by atoms with Crippen molar-refractivity contribution in [2.45, 2.75) is 12.3 Å². The van der Waals surface area contributed by atoms with E-state index in [4.69, 9.17) is 11.6 Å². The van der Waals surface area contributed by atoms with E-state index in [1.54, 1.807) is 12.1 Å². The third kappa shape index (κ3) is 3.31. The summed E-state index contributed by atoms with van der Waals surface area (Å²) in [6.07, 6.45) is 0.769. The lowest BCUT2D eigenvalue weighted by Crippen LogP contribution is -2.04. The number of hydrogen-bond acceptors (Lipinski definition) is 0. The summed E-state index contributed by atoms with van der Waals surface area (Å²) in [6.45, 7) is 0. The van der Waals surface area contributed by atoms with Gasteiger partial charge in [0.05, 0.1) is 0 Å². The van der Waals surface area contributed by atoms with E-state index in [-0.39, 0.29) is 11.7 Å². The molecule has 0 N–H and O–H groups in total. The third-order valence-electron chi connectivity index (χ3n) is 2.83. The maximum Gasteiger partial charge on any atom is 0.123 e. The second kappa shape index (κ2) is 5.83. The molecular formula is C15H14ClF. The fourth-order valence-electron chi connectivity index (χ4n) is 1.94. The molecule has 0 radical (unpaired) electrons. The van der Waals surface area contributed by atoms with Gasteiger partial charge in [-0.2, -0.15) is 0 Å². The van der Waals surface area contributed by atoms with Crippen molar-refractivity contribution < 1.29 is 4.39 Å². The molecule has 2 heteroatoms. The van der Waals surface area contributed by atoms with Crippen molar-refractivity contribution in [1.29, 1.82) is 0 Å². The first-order valence-electron chi connectivity index (χ1n) is 5.65. The molecule has 0 nitrogen and oxygen atoms in total. The molecule has 0 aliphatic heterocycles. The van der Waals surface area contributed by atoms with E-state index in [2.05, 4.69) is 12.1 Å². The van der Waals surface area contributed by atoms with E-state index in [1.165, 1.54) is 11.6 Å². The van der Waals surface area contributed by atoms with Crippen LogP contribution in [0.5, 0.6) is 0 Å². The van der Waals surface area contributed by atoms with E-state index >= 15 is 0 Å². The average molecular weight is 249 g/mol.